The first-order chi connectivity index (χ1) is 5.41. The van der Waals surface area contributed by atoms with Gasteiger partial charge in [0.15, 0.2) is 0 Å². The number of unbranched alkanes of at least 4 members (excludes halogenated alkanes) is 3. The lowest BCUT2D eigenvalue weighted by atomic mass is 10.2. The summed E-state index contributed by atoms with van der Waals surface area (Å²) in [7, 11) is 0.564. The van der Waals surface area contributed by atoms with Crippen LogP contribution in [0.4, 0.5) is 0 Å². The average Bonchev–Trinajstić information content (AvgIpc) is 2.03. The lowest BCUT2D eigenvalue weighted by molar-refractivity contribution is -0.108. The first-order valence-corrected chi connectivity index (χ1v) is 5.15. The zero-order chi connectivity index (χ0) is 8.36. The number of rotatable bonds is 8. The molecule has 66 valence electrons. The van der Waals surface area contributed by atoms with Crippen LogP contribution in [0.1, 0.15) is 25.7 Å². The Morgan fingerprint density at radius 3 is 2.64 bits per heavy atom. The number of aliphatic hydroxyl groups excluding tert-OH is 1. The summed E-state index contributed by atoms with van der Waals surface area (Å²) in [5.74, 6) is 0. The van der Waals surface area contributed by atoms with Crippen LogP contribution in [0.15, 0.2) is 0 Å². The van der Waals surface area contributed by atoms with Gasteiger partial charge in [0, 0.05) is 6.61 Å². The van der Waals surface area contributed by atoms with Crippen molar-refractivity contribution in [3.05, 3.63) is 0 Å². The molecule has 0 spiro atoms. The Labute approximate surface area is 69.4 Å². The van der Waals surface area contributed by atoms with Crippen LogP contribution in [0.2, 0.25) is 0 Å². The second-order valence-electron chi connectivity index (χ2n) is 2.33. The van der Waals surface area contributed by atoms with Crippen LogP contribution in [-0.4, -0.2) is 24.3 Å². The van der Waals surface area contributed by atoms with Gasteiger partial charge >= 0.3 is 0 Å². The van der Waals surface area contributed by atoms with Gasteiger partial charge in [-0.25, -0.2) is 0 Å². The first kappa shape index (κ1) is 10.9. The van der Waals surface area contributed by atoms with Crippen molar-refractivity contribution in [2.75, 3.05) is 12.8 Å². The van der Waals surface area contributed by atoms with Gasteiger partial charge in [0.25, 0.3) is 0 Å². The molecule has 0 saturated carbocycles. The van der Waals surface area contributed by atoms with Crippen LogP contribution in [0, 0.1) is 0 Å². The van der Waals surface area contributed by atoms with E-state index >= 15 is 0 Å². The highest BCUT2D eigenvalue weighted by Crippen LogP contribution is 2.08. The summed E-state index contributed by atoms with van der Waals surface area (Å²) in [6.45, 7) is 0.300. The minimum absolute atomic E-state index is 0.300. The third-order valence-corrected chi connectivity index (χ3v) is 2.30. The summed E-state index contributed by atoms with van der Waals surface area (Å²) in [4.78, 5) is 9.80. The summed E-state index contributed by atoms with van der Waals surface area (Å²) in [5.41, 5.74) is 0. The van der Waals surface area contributed by atoms with Crippen molar-refractivity contribution < 1.29 is 9.90 Å². The summed E-state index contributed by atoms with van der Waals surface area (Å²) in [6.07, 6.45) is 6.13. The highest BCUT2D eigenvalue weighted by atomic mass is 31.1. The third kappa shape index (κ3) is 9.86. The van der Waals surface area contributed by atoms with E-state index in [0.717, 1.165) is 38.3 Å². The second kappa shape index (κ2) is 9.86. The quantitative estimate of drug-likeness (QED) is 0.328. The van der Waals surface area contributed by atoms with Gasteiger partial charge in [-0.2, -0.15) is 0 Å². The van der Waals surface area contributed by atoms with Gasteiger partial charge in [-0.3, -0.25) is 4.79 Å². The largest absolute Gasteiger partial charge is 0.396 e. The zero-order valence-electron chi connectivity index (χ0n) is 6.68. The Kier molecular flexibility index (Phi) is 9.73. The number of carbonyl (C=O) groups is 1. The molecule has 0 aliphatic rings. The van der Waals surface area contributed by atoms with Crippen LogP contribution in [0.5, 0.6) is 0 Å². The summed E-state index contributed by atoms with van der Waals surface area (Å²) < 4.78 is 0. The molecule has 11 heavy (non-hydrogen) atoms. The summed E-state index contributed by atoms with van der Waals surface area (Å²) in [5, 5.41) is 11.1. The molecule has 1 amide bonds. The molecule has 0 radical (unpaired) electrons. The smallest absolute Gasteiger partial charge is 0.210 e. The van der Waals surface area contributed by atoms with E-state index in [9.17, 15) is 4.79 Å². The van der Waals surface area contributed by atoms with Crippen LogP contribution in [0.25, 0.3) is 0 Å². The van der Waals surface area contributed by atoms with Gasteiger partial charge in [0.2, 0.25) is 6.41 Å². The lowest BCUT2D eigenvalue weighted by Crippen LogP contribution is -1.96. The maximum Gasteiger partial charge on any atom is 0.210 e. The molecule has 0 aromatic carbocycles. The van der Waals surface area contributed by atoms with Crippen molar-refractivity contribution in [2.45, 2.75) is 25.7 Å². The summed E-state index contributed by atoms with van der Waals surface area (Å²) >= 11 is 0. The molecule has 0 aromatic heterocycles. The number of hydrogen-bond donors (Lipinski definition) is 2. The third-order valence-electron chi connectivity index (χ3n) is 1.37. The molecule has 1 unspecified atom stereocenters. The van der Waals surface area contributed by atoms with Gasteiger partial charge in [-0.15, -0.1) is 0 Å². The van der Waals surface area contributed by atoms with Gasteiger partial charge < -0.3 is 10.2 Å². The molecular weight excluding hydrogens is 161 g/mol. The Hall–Kier alpha value is -0.140. The van der Waals surface area contributed by atoms with E-state index in [-0.39, 0.29) is 0 Å². The highest BCUT2D eigenvalue weighted by molar-refractivity contribution is 7.36. The molecule has 3 nitrogen and oxygen atoms in total. The van der Waals surface area contributed by atoms with Crippen molar-refractivity contribution in [1.82, 2.24) is 5.09 Å². The fourth-order valence-corrected chi connectivity index (χ4v) is 1.45. The fraction of sp³-hybridized carbons (Fsp3) is 0.857. The van der Waals surface area contributed by atoms with E-state index in [1.54, 1.807) is 0 Å². The van der Waals surface area contributed by atoms with Gasteiger partial charge in [-0.1, -0.05) is 12.8 Å². The molecule has 1 atom stereocenters. The van der Waals surface area contributed by atoms with Gasteiger partial charge in [0.1, 0.15) is 0 Å². The van der Waals surface area contributed by atoms with Gasteiger partial charge in [0.05, 0.1) is 0 Å². The number of carbonyl (C=O) groups excluding carboxylic acids is 1. The average molecular weight is 177 g/mol. The molecule has 2 N–H and O–H groups in total. The predicted molar refractivity (Wildman–Crippen MR) is 47.9 cm³/mol. The normalized spacial score (nSPS) is 10.6. The monoisotopic (exact) mass is 177 g/mol. The number of nitrogens with one attached hydrogen (secondary N) is 1. The minimum Gasteiger partial charge on any atom is -0.396 e. The Morgan fingerprint density at radius 2 is 2.00 bits per heavy atom. The molecule has 0 bridgehead atoms. The molecule has 0 rings (SSSR count). The SMILES string of the molecule is O=CNPCCCCCCO. The van der Waals surface area contributed by atoms with Crippen molar-refractivity contribution in [1.29, 1.82) is 0 Å². The van der Waals surface area contributed by atoms with Crippen molar-refractivity contribution >= 4 is 15.1 Å². The molecule has 0 fully saturated rings. The molecule has 0 saturated heterocycles. The number of hydrogen-bond acceptors (Lipinski definition) is 2. The van der Waals surface area contributed by atoms with E-state index < -0.39 is 0 Å². The van der Waals surface area contributed by atoms with Crippen LogP contribution in [0.3, 0.4) is 0 Å². The topological polar surface area (TPSA) is 49.3 Å². The van der Waals surface area contributed by atoms with E-state index in [4.69, 9.17) is 5.11 Å². The fourth-order valence-electron chi connectivity index (χ4n) is 0.793. The Balaban J connectivity index is 2.74. The van der Waals surface area contributed by atoms with E-state index in [2.05, 4.69) is 5.09 Å². The van der Waals surface area contributed by atoms with Crippen LogP contribution in [-0.2, 0) is 4.79 Å². The van der Waals surface area contributed by atoms with Crippen molar-refractivity contribution in [2.24, 2.45) is 0 Å². The maximum atomic E-state index is 9.80. The predicted octanol–water partition coefficient (Wildman–Crippen LogP) is 0.879. The molecular formula is C7H16NO2P. The molecule has 0 aliphatic carbocycles. The minimum atomic E-state index is 0.300. The maximum absolute atomic E-state index is 9.80. The van der Waals surface area contributed by atoms with Crippen LogP contribution < -0.4 is 5.09 Å². The Bertz CT molecular complexity index is 90.5. The van der Waals surface area contributed by atoms with E-state index in [1.807, 2.05) is 0 Å². The van der Waals surface area contributed by atoms with Crippen LogP contribution >= 0.6 is 8.73 Å². The number of amides is 1. The molecule has 4 heteroatoms. The lowest BCUT2D eigenvalue weighted by Gasteiger charge is -1.98. The second-order valence-corrected chi connectivity index (χ2v) is 3.47. The molecule has 0 aliphatic heterocycles. The molecule has 0 aromatic rings. The standard InChI is InChI=1S/C7H16NO2P/c9-5-3-1-2-4-6-11-8-7-10/h7,9,11H,1-6H2,(H,8,10). The van der Waals surface area contributed by atoms with Crippen molar-refractivity contribution in [3.8, 4) is 0 Å². The molecule has 0 heterocycles. The van der Waals surface area contributed by atoms with Gasteiger partial charge in [-0.05, 0) is 27.7 Å². The zero-order valence-corrected chi connectivity index (χ0v) is 7.68. The van der Waals surface area contributed by atoms with Crippen molar-refractivity contribution in [3.63, 3.8) is 0 Å². The van der Waals surface area contributed by atoms with E-state index in [0.29, 0.717) is 15.3 Å². The van der Waals surface area contributed by atoms with E-state index in [1.165, 1.54) is 0 Å². The highest BCUT2D eigenvalue weighted by Gasteiger charge is 1.88. The Morgan fingerprint density at radius 1 is 1.27 bits per heavy atom. The number of aliphatic hydroxyl groups is 1. The summed E-state index contributed by atoms with van der Waals surface area (Å²) in [6, 6.07) is 0. The first-order valence-electron chi connectivity index (χ1n) is 3.94.